The summed E-state index contributed by atoms with van der Waals surface area (Å²) >= 11 is 0. The maximum atomic E-state index is 12.3. The molecule has 0 saturated heterocycles. The Balaban J connectivity index is 2.44. The van der Waals surface area contributed by atoms with Crippen LogP contribution < -0.4 is 4.74 Å². The van der Waals surface area contributed by atoms with Gasteiger partial charge in [0.2, 0.25) is 11.5 Å². The molecular formula is C13H7F3N2O4. The number of pyridine rings is 1. The van der Waals surface area contributed by atoms with Gasteiger partial charge in [0.25, 0.3) is 0 Å². The van der Waals surface area contributed by atoms with Gasteiger partial charge in [-0.1, -0.05) is 6.07 Å². The molecule has 0 aliphatic rings. The van der Waals surface area contributed by atoms with E-state index in [0.29, 0.717) is 6.07 Å². The molecule has 0 N–H and O–H groups in total. The fourth-order valence-electron chi connectivity index (χ4n) is 1.66. The molecule has 1 aromatic heterocycles. The van der Waals surface area contributed by atoms with E-state index in [-0.39, 0.29) is 11.3 Å². The number of carbonyl (C=O) groups is 1. The summed E-state index contributed by atoms with van der Waals surface area (Å²) in [6.45, 7) is 0. The first-order chi connectivity index (χ1) is 10.3. The van der Waals surface area contributed by atoms with Gasteiger partial charge >= 0.3 is 12.0 Å². The molecule has 2 aromatic rings. The fourth-order valence-corrected chi connectivity index (χ4v) is 1.66. The number of nitro groups is 1. The third kappa shape index (κ3) is 3.57. The molecule has 22 heavy (non-hydrogen) atoms. The number of hydrogen-bond acceptors (Lipinski definition) is 5. The van der Waals surface area contributed by atoms with Gasteiger partial charge in [0.05, 0.1) is 4.92 Å². The van der Waals surface area contributed by atoms with Gasteiger partial charge in [0, 0.05) is 17.8 Å². The van der Waals surface area contributed by atoms with E-state index in [1.807, 2.05) is 0 Å². The van der Waals surface area contributed by atoms with Crippen LogP contribution in [0, 0.1) is 10.1 Å². The minimum Gasteiger partial charge on any atom is -0.398 e. The Bertz CT molecular complexity index is 717. The second-order valence-corrected chi connectivity index (χ2v) is 4.03. The Morgan fingerprint density at radius 1 is 1.23 bits per heavy atom. The van der Waals surface area contributed by atoms with Gasteiger partial charge < -0.3 is 4.74 Å². The van der Waals surface area contributed by atoms with E-state index in [9.17, 15) is 28.1 Å². The summed E-state index contributed by atoms with van der Waals surface area (Å²) in [5.41, 5.74) is -1.10. The Morgan fingerprint density at radius 2 is 1.95 bits per heavy atom. The van der Waals surface area contributed by atoms with Crippen LogP contribution in [0.1, 0.15) is 16.1 Å². The highest BCUT2D eigenvalue weighted by atomic mass is 19.4. The number of nitrogens with zero attached hydrogens (tertiary/aromatic N) is 2. The number of rotatable bonds is 4. The zero-order valence-corrected chi connectivity index (χ0v) is 10.7. The second kappa shape index (κ2) is 5.80. The molecule has 0 spiro atoms. The van der Waals surface area contributed by atoms with Gasteiger partial charge in [0.1, 0.15) is 5.69 Å². The summed E-state index contributed by atoms with van der Waals surface area (Å²) < 4.78 is 40.5. The largest absolute Gasteiger partial charge is 0.573 e. The Labute approximate surface area is 121 Å². The second-order valence-electron chi connectivity index (χ2n) is 4.03. The van der Waals surface area contributed by atoms with Gasteiger partial charge in [-0.05, 0) is 24.3 Å². The third-order valence-corrected chi connectivity index (χ3v) is 2.54. The maximum Gasteiger partial charge on any atom is 0.573 e. The highest BCUT2D eigenvalue weighted by Gasteiger charge is 2.34. The van der Waals surface area contributed by atoms with Gasteiger partial charge in [0.15, 0.2) is 0 Å². The number of ether oxygens (including phenoxy) is 1. The van der Waals surface area contributed by atoms with Crippen LogP contribution in [0.15, 0.2) is 42.6 Å². The third-order valence-electron chi connectivity index (χ3n) is 2.54. The highest BCUT2D eigenvalue weighted by molar-refractivity contribution is 6.08. The number of alkyl halides is 3. The molecule has 0 amide bonds. The number of hydrogen-bond donors (Lipinski definition) is 0. The minimum atomic E-state index is -5.11. The molecule has 0 aliphatic carbocycles. The van der Waals surface area contributed by atoms with Crippen molar-refractivity contribution < 1.29 is 27.6 Å². The number of halogens is 3. The highest BCUT2D eigenvalue weighted by Crippen LogP contribution is 2.33. The Hall–Kier alpha value is -2.97. The van der Waals surface area contributed by atoms with Crippen molar-refractivity contribution in [1.82, 2.24) is 4.98 Å². The van der Waals surface area contributed by atoms with Gasteiger partial charge in [-0.2, -0.15) is 0 Å². The van der Waals surface area contributed by atoms with E-state index in [0.717, 1.165) is 12.1 Å². The summed E-state index contributed by atoms with van der Waals surface area (Å²) in [5.74, 6) is -1.73. The molecule has 0 unspecified atom stereocenters. The first-order valence-corrected chi connectivity index (χ1v) is 5.78. The predicted octanol–water partition coefficient (Wildman–Crippen LogP) is 3.12. The van der Waals surface area contributed by atoms with Gasteiger partial charge in [-0.25, -0.2) is 0 Å². The molecule has 1 heterocycles. The zero-order chi connectivity index (χ0) is 16.3. The zero-order valence-electron chi connectivity index (χ0n) is 10.7. The van der Waals surface area contributed by atoms with Crippen molar-refractivity contribution in [2.75, 3.05) is 0 Å². The number of benzene rings is 1. The summed E-state index contributed by atoms with van der Waals surface area (Å²) in [6.07, 6.45) is -3.77. The average molecular weight is 312 g/mol. The molecule has 0 bridgehead atoms. The van der Waals surface area contributed by atoms with Crippen LogP contribution in [-0.4, -0.2) is 22.1 Å². The SMILES string of the molecule is O=C(c1ccc([N+](=O)[O-])c(OC(F)(F)F)c1)c1ccccn1. The van der Waals surface area contributed by atoms with Gasteiger partial charge in [-0.3, -0.25) is 19.9 Å². The monoisotopic (exact) mass is 312 g/mol. The molecule has 2 rings (SSSR count). The topological polar surface area (TPSA) is 82.3 Å². The van der Waals surface area contributed by atoms with Crippen molar-refractivity contribution in [2.45, 2.75) is 6.36 Å². The van der Waals surface area contributed by atoms with Crippen molar-refractivity contribution >= 4 is 11.5 Å². The average Bonchev–Trinajstić information content (AvgIpc) is 2.45. The van der Waals surface area contributed by atoms with Crippen LogP contribution in [0.3, 0.4) is 0 Å². The molecule has 0 atom stereocenters. The van der Waals surface area contributed by atoms with E-state index in [1.54, 1.807) is 6.07 Å². The molecular weight excluding hydrogens is 305 g/mol. The number of ketones is 1. The van der Waals surface area contributed by atoms with Crippen molar-refractivity contribution in [1.29, 1.82) is 0 Å². The summed E-state index contributed by atoms with van der Waals surface area (Å²) in [5, 5.41) is 10.7. The Kier molecular flexibility index (Phi) is 4.06. The summed E-state index contributed by atoms with van der Waals surface area (Å²) in [7, 11) is 0. The van der Waals surface area contributed by atoms with Crippen molar-refractivity contribution in [3.05, 3.63) is 64.0 Å². The fraction of sp³-hybridized carbons (Fsp3) is 0.0769. The lowest BCUT2D eigenvalue weighted by Gasteiger charge is -2.10. The summed E-state index contributed by atoms with van der Waals surface area (Å²) in [6, 6.07) is 6.94. The first kappa shape index (κ1) is 15.4. The van der Waals surface area contributed by atoms with E-state index in [4.69, 9.17) is 0 Å². The molecule has 9 heteroatoms. The van der Waals surface area contributed by atoms with E-state index in [1.165, 1.54) is 18.3 Å². The van der Waals surface area contributed by atoms with E-state index in [2.05, 4.69) is 9.72 Å². The van der Waals surface area contributed by atoms with E-state index < -0.39 is 28.5 Å². The van der Waals surface area contributed by atoms with Gasteiger partial charge in [-0.15, -0.1) is 13.2 Å². The lowest BCUT2D eigenvalue weighted by molar-refractivity contribution is -0.388. The van der Waals surface area contributed by atoms with Crippen LogP contribution in [0.5, 0.6) is 5.75 Å². The van der Waals surface area contributed by atoms with Crippen LogP contribution in [0.25, 0.3) is 0 Å². The number of carbonyl (C=O) groups excluding carboxylic acids is 1. The van der Waals surface area contributed by atoms with Crippen molar-refractivity contribution in [3.63, 3.8) is 0 Å². The smallest absolute Gasteiger partial charge is 0.398 e. The lowest BCUT2D eigenvalue weighted by Crippen LogP contribution is -2.18. The first-order valence-electron chi connectivity index (χ1n) is 5.78. The minimum absolute atomic E-state index is 0.00527. The normalized spacial score (nSPS) is 11.0. The molecule has 0 radical (unpaired) electrons. The quantitative estimate of drug-likeness (QED) is 0.492. The number of aromatic nitrogens is 1. The van der Waals surface area contributed by atoms with Crippen LogP contribution in [0.4, 0.5) is 18.9 Å². The maximum absolute atomic E-state index is 12.3. The van der Waals surface area contributed by atoms with E-state index >= 15 is 0 Å². The predicted molar refractivity (Wildman–Crippen MR) is 67.4 cm³/mol. The van der Waals surface area contributed by atoms with Crippen molar-refractivity contribution in [3.8, 4) is 5.75 Å². The van der Waals surface area contributed by atoms with Crippen molar-refractivity contribution in [2.24, 2.45) is 0 Å². The molecule has 6 nitrogen and oxygen atoms in total. The standard InChI is InChI=1S/C13H7F3N2O4/c14-13(15,16)22-11-7-8(4-5-10(11)18(20)21)12(19)9-3-1-2-6-17-9/h1-7H. The van der Waals surface area contributed by atoms with Crippen LogP contribution in [0.2, 0.25) is 0 Å². The molecule has 0 fully saturated rings. The van der Waals surface area contributed by atoms with Crippen LogP contribution >= 0.6 is 0 Å². The summed E-state index contributed by atoms with van der Waals surface area (Å²) in [4.78, 5) is 25.5. The molecule has 114 valence electrons. The van der Waals surface area contributed by atoms with Crippen LogP contribution in [-0.2, 0) is 0 Å². The Morgan fingerprint density at radius 3 is 2.50 bits per heavy atom. The molecule has 1 aromatic carbocycles. The number of nitro benzene ring substituents is 1. The lowest BCUT2D eigenvalue weighted by atomic mass is 10.1. The molecule has 0 saturated carbocycles. The molecule has 0 aliphatic heterocycles.